The summed E-state index contributed by atoms with van der Waals surface area (Å²) in [6.07, 6.45) is 0. The molecule has 0 atom stereocenters. The molecule has 0 spiro atoms. The van der Waals surface area contributed by atoms with Crippen LogP contribution in [0.1, 0.15) is 31.8 Å². The summed E-state index contributed by atoms with van der Waals surface area (Å²) >= 11 is 1.40. The van der Waals surface area contributed by atoms with Crippen LogP contribution >= 0.6 is 11.3 Å². The van der Waals surface area contributed by atoms with Crippen molar-refractivity contribution in [2.45, 2.75) is 13.1 Å². The second-order valence-corrected chi connectivity index (χ2v) is 6.90. The Balaban J connectivity index is 1.55. The number of rotatable bonds is 3. The summed E-state index contributed by atoms with van der Waals surface area (Å²) < 4.78 is 14.0. The van der Waals surface area contributed by atoms with E-state index in [-0.39, 0.29) is 23.1 Å². The Bertz CT molecular complexity index is 960. The van der Waals surface area contributed by atoms with Crippen molar-refractivity contribution >= 4 is 28.8 Å². The fourth-order valence-corrected chi connectivity index (χ4v) is 3.68. The number of benzene rings is 2. The first-order valence-electron chi connectivity index (χ1n) is 8.10. The molecule has 4 rings (SSSR count). The third kappa shape index (κ3) is 3.23. The van der Waals surface area contributed by atoms with E-state index in [9.17, 15) is 14.0 Å². The number of amides is 2. The Labute approximate surface area is 153 Å². The van der Waals surface area contributed by atoms with E-state index in [1.165, 1.54) is 29.5 Å². The minimum absolute atomic E-state index is 0.221. The summed E-state index contributed by atoms with van der Waals surface area (Å²) in [6.45, 7) is 1.00. The summed E-state index contributed by atoms with van der Waals surface area (Å²) in [6, 6.07) is 13.5. The summed E-state index contributed by atoms with van der Waals surface area (Å²) in [5.41, 5.74) is 3.19. The van der Waals surface area contributed by atoms with E-state index >= 15 is 0 Å². The lowest BCUT2D eigenvalue weighted by Crippen LogP contribution is -2.25. The minimum Gasteiger partial charge on any atom is -0.330 e. The highest BCUT2D eigenvalue weighted by Crippen LogP contribution is 2.25. The maximum absolute atomic E-state index is 14.0. The highest BCUT2D eigenvalue weighted by molar-refractivity contribution is 7.08. The smallest absolute Gasteiger partial charge is 0.256 e. The Kier molecular flexibility index (Phi) is 4.26. The molecule has 1 N–H and O–H groups in total. The summed E-state index contributed by atoms with van der Waals surface area (Å²) in [4.78, 5) is 26.6. The molecule has 26 heavy (non-hydrogen) atoms. The quantitative estimate of drug-likeness (QED) is 0.751. The lowest BCUT2D eigenvalue weighted by atomic mass is 10.1. The first-order chi connectivity index (χ1) is 12.6. The van der Waals surface area contributed by atoms with E-state index in [2.05, 4.69) is 5.32 Å². The van der Waals surface area contributed by atoms with Gasteiger partial charge < -0.3 is 10.2 Å². The van der Waals surface area contributed by atoms with E-state index in [1.54, 1.807) is 21.7 Å². The third-order valence-corrected chi connectivity index (χ3v) is 5.00. The van der Waals surface area contributed by atoms with E-state index in [0.717, 1.165) is 11.1 Å². The van der Waals surface area contributed by atoms with Crippen LogP contribution in [0.2, 0.25) is 0 Å². The lowest BCUT2D eigenvalue weighted by Gasteiger charge is -2.16. The van der Waals surface area contributed by atoms with Gasteiger partial charge in [0, 0.05) is 29.7 Å². The van der Waals surface area contributed by atoms with Gasteiger partial charge in [0.15, 0.2) is 0 Å². The van der Waals surface area contributed by atoms with Crippen LogP contribution < -0.4 is 5.32 Å². The number of halogens is 1. The molecule has 2 heterocycles. The standard InChI is InChI=1S/C20H15FN2O2S/c21-17-7-16(8-18(9-17)22-19(24)15-5-6-26-12-15)20(25)23-10-13-3-1-2-4-14(13)11-23/h1-9,12H,10-11H2,(H,22,24). The predicted octanol–water partition coefficient (Wildman–Crippen LogP) is 4.30. The number of anilines is 1. The Hall–Kier alpha value is -2.99. The molecule has 0 aliphatic carbocycles. The average Bonchev–Trinajstić information content (AvgIpc) is 3.30. The Morgan fingerprint density at radius 1 is 1.00 bits per heavy atom. The molecule has 1 aromatic heterocycles. The van der Waals surface area contributed by atoms with Crippen molar-refractivity contribution in [3.05, 3.63) is 87.4 Å². The van der Waals surface area contributed by atoms with Gasteiger partial charge in [0.05, 0.1) is 5.56 Å². The predicted molar refractivity (Wildman–Crippen MR) is 98.7 cm³/mol. The number of fused-ring (bicyclic) bond motifs is 1. The number of nitrogens with one attached hydrogen (secondary N) is 1. The molecule has 2 amide bonds. The van der Waals surface area contributed by atoms with Crippen molar-refractivity contribution in [1.29, 1.82) is 0 Å². The molecule has 0 fully saturated rings. The molecular weight excluding hydrogens is 351 g/mol. The normalized spacial score (nSPS) is 12.7. The highest BCUT2D eigenvalue weighted by Gasteiger charge is 2.24. The lowest BCUT2D eigenvalue weighted by molar-refractivity contribution is 0.0750. The van der Waals surface area contributed by atoms with Crippen molar-refractivity contribution < 1.29 is 14.0 Å². The molecule has 0 unspecified atom stereocenters. The van der Waals surface area contributed by atoms with Crippen LogP contribution in [-0.4, -0.2) is 16.7 Å². The van der Waals surface area contributed by atoms with Gasteiger partial charge in [-0.25, -0.2) is 4.39 Å². The maximum atomic E-state index is 14.0. The fourth-order valence-electron chi connectivity index (χ4n) is 3.04. The number of carbonyl (C=O) groups is 2. The number of hydrogen-bond donors (Lipinski definition) is 1. The fraction of sp³-hybridized carbons (Fsp3) is 0.100. The molecular formula is C20H15FN2O2S. The molecule has 0 bridgehead atoms. The zero-order chi connectivity index (χ0) is 18.1. The SMILES string of the molecule is O=C(Nc1cc(F)cc(C(=O)N2Cc3ccccc3C2)c1)c1ccsc1. The van der Waals surface area contributed by atoms with Gasteiger partial charge in [-0.2, -0.15) is 11.3 Å². The first kappa shape index (κ1) is 16.5. The van der Waals surface area contributed by atoms with Crippen LogP contribution in [-0.2, 0) is 13.1 Å². The molecule has 130 valence electrons. The summed E-state index contributed by atoms with van der Waals surface area (Å²) in [5, 5.41) is 6.15. The molecule has 1 aliphatic heterocycles. The van der Waals surface area contributed by atoms with Crippen LogP contribution in [0.25, 0.3) is 0 Å². The number of thiophene rings is 1. The minimum atomic E-state index is -0.562. The van der Waals surface area contributed by atoms with Gasteiger partial charge in [-0.15, -0.1) is 0 Å². The molecule has 0 radical (unpaired) electrons. The van der Waals surface area contributed by atoms with Gasteiger partial charge in [0.25, 0.3) is 11.8 Å². The number of nitrogens with zero attached hydrogens (tertiary/aromatic N) is 1. The van der Waals surface area contributed by atoms with E-state index in [1.807, 2.05) is 24.3 Å². The molecule has 2 aromatic carbocycles. The summed E-state index contributed by atoms with van der Waals surface area (Å²) in [7, 11) is 0. The van der Waals surface area contributed by atoms with E-state index < -0.39 is 5.82 Å². The molecule has 0 saturated heterocycles. The van der Waals surface area contributed by atoms with Crippen molar-refractivity contribution in [1.82, 2.24) is 4.90 Å². The van der Waals surface area contributed by atoms with Gasteiger partial charge in [-0.1, -0.05) is 24.3 Å². The zero-order valence-electron chi connectivity index (χ0n) is 13.7. The highest BCUT2D eigenvalue weighted by atomic mass is 32.1. The topological polar surface area (TPSA) is 49.4 Å². The molecule has 3 aromatic rings. The Morgan fingerprint density at radius 3 is 2.38 bits per heavy atom. The van der Waals surface area contributed by atoms with Gasteiger partial charge in [-0.3, -0.25) is 9.59 Å². The van der Waals surface area contributed by atoms with Crippen LogP contribution in [0.4, 0.5) is 10.1 Å². The number of carbonyl (C=O) groups excluding carboxylic acids is 2. The van der Waals surface area contributed by atoms with Crippen molar-refractivity contribution in [3.8, 4) is 0 Å². The van der Waals surface area contributed by atoms with Crippen LogP contribution in [0, 0.1) is 5.82 Å². The van der Waals surface area contributed by atoms with Gasteiger partial charge in [-0.05, 0) is 40.8 Å². The van der Waals surface area contributed by atoms with E-state index in [0.29, 0.717) is 18.7 Å². The van der Waals surface area contributed by atoms with E-state index in [4.69, 9.17) is 0 Å². The van der Waals surface area contributed by atoms with Gasteiger partial charge >= 0.3 is 0 Å². The summed E-state index contributed by atoms with van der Waals surface area (Å²) in [5.74, 6) is -1.15. The first-order valence-corrected chi connectivity index (χ1v) is 9.04. The second kappa shape index (κ2) is 6.72. The van der Waals surface area contributed by atoms with Gasteiger partial charge in [0.1, 0.15) is 5.82 Å². The number of hydrogen-bond acceptors (Lipinski definition) is 3. The van der Waals surface area contributed by atoms with Crippen molar-refractivity contribution in [2.75, 3.05) is 5.32 Å². The van der Waals surface area contributed by atoms with Crippen LogP contribution in [0.5, 0.6) is 0 Å². The third-order valence-electron chi connectivity index (χ3n) is 4.31. The molecule has 1 aliphatic rings. The van der Waals surface area contributed by atoms with Crippen LogP contribution in [0.15, 0.2) is 59.3 Å². The molecule has 6 heteroatoms. The molecule has 0 saturated carbocycles. The van der Waals surface area contributed by atoms with Gasteiger partial charge in [0.2, 0.25) is 0 Å². The monoisotopic (exact) mass is 366 g/mol. The van der Waals surface area contributed by atoms with Crippen LogP contribution in [0.3, 0.4) is 0 Å². The van der Waals surface area contributed by atoms with Crippen molar-refractivity contribution in [3.63, 3.8) is 0 Å². The van der Waals surface area contributed by atoms with Crippen molar-refractivity contribution in [2.24, 2.45) is 0 Å². The average molecular weight is 366 g/mol. The Morgan fingerprint density at radius 2 is 1.73 bits per heavy atom. The zero-order valence-corrected chi connectivity index (χ0v) is 14.6. The molecule has 4 nitrogen and oxygen atoms in total. The second-order valence-electron chi connectivity index (χ2n) is 6.12. The maximum Gasteiger partial charge on any atom is 0.256 e. The largest absolute Gasteiger partial charge is 0.330 e.